The van der Waals surface area contributed by atoms with Gasteiger partial charge in [0.15, 0.2) is 5.13 Å². The van der Waals surface area contributed by atoms with Gasteiger partial charge in [-0.15, -0.1) is 11.3 Å². The van der Waals surface area contributed by atoms with Crippen LogP contribution in [0.4, 0.5) is 10.9 Å². The van der Waals surface area contributed by atoms with E-state index in [0.717, 1.165) is 16.6 Å². The van der Waals surface area contributed by atoms with Crippen LogP contribution in [0.2, 0.25) is 0 Å². The van der Waals surface area contributed by atoms with Crippen LogP contribution >= 0.6 is 11.3 Å². The number of carboxylic acid groups (broad SMARTS) is 1. The zero-order chi connectivity index (χ0) is 17.2. The van der Waals surface area contributed by atoms with Crippen LogP contribution in [0, 0.1) is 0 Å². The van der Waals surface area contributed by atoms with E-state index in [1.807, 2.05) is 23.6 Å². The summed E-state index contributed by atoms with van der Waals surface area (Å²) >= 11 is 1.41. The van der Waals surface area contributed by atoms with Crippen molar-refractivity contribution in [2.45, 2.75) is 0 Å². The molecule has 0 amide bonds. The lowest BCUT2D eigenvalue weighted by atomic mass is 10.1. The van der Waals surface area contributed by atoms with E-state index < -0.39 is 5.97 Å². The Morgan fingerprint density at radius 3 is 2.72 bits per heavy atom. The molecule has 0 atom stereocenters. The van der Waals surface area contributed by atoms with Gasteiger partial charge in [-0.05, 0) is 29.0 Å². The second-order valence-electron chi connectivity index (χ2n) is 5.43. The average molecular weight is 347 g/mol. The SMILES string of the molecule is O=C(O)c1cccnc1Nc1nc(-c2ccc3ccccc3c2)cs1. The van der Waals surface area contributed by atoms with Crippen molar-refractivity contribution in [3.8, 4) is 11.3 Å². The van der Waals surface area contributed by atoms with Crippen LogP contribution in [0.3, 0.4) is 0 Å². The quantitative estimate of drug-likeness (QED) is 0.554. The van der Waals surface area contributed by atoms with Crippen molar-refractivity contribution in [1.82, 2.24) is 9.97 Å². The number of benzene rings is 2. The van der Waals surface area contributed by atoms with Crippen molar-refractivity contribution in [1.29, 1.82) is 0 Å². The summed E-state index contributed by atoms with van der Waals surface area (Å²) in [5.41, 5.74) is 1.97. The molecule has 2 aromatic carbocycles. The fraction of sp³-hybridized carbons (Fsp3) is 0. The molecule has 0 fully saturated rings. The Balaban J connectivity index is 1.65. The number of fused-ring (bicyclic) bond motifs is 1. The third-order valence-corrected chi connectivity index (χ3v) is 4.57. The van der Waals surface area contributed by atoms with Gasteiger partial charge in [-0.2, -0.15) is 0 Å². The third-order valence-electron chi connectivity index (χ3n) is 3.81. The van der Waals surface area contributed by atoms with Gasteiger partial charge in [0.2, 0.25) is 0 Å². The molecule has 2 N–H and O–H groups in total. The van der Waals surface area contributed by atoms with E-state index in [4.69, 9.17) is 0 Å². The number of carbonyl (C=O) groups is 1. The Morgan fingerprint density at radius 2 is 1.88 bits per heavy atom. The minimum Gasteiger partial charge on any atom is -0.478 e. The predicted molar refractivity (Wildman–Crippen MR) is 99.5 cm³/mol. The zero-order valence-corrected chi connectivity index (χ0v) is 13.8. The van der Waals surface area contributed by atoms with Crippen molar-refractivity contribution < 1.29 is 9.90 Å². The zero-order valence-electron chi connectivity index (χ0n) is 13.0. The summed E-state index contributed by atoms with van der Waals surface area (Å²) in [7, 11) is 0. The van der Waals surface area contributed by atoms with Crippen molar-refractivity contribution in [2.75, 3.05) is 5.32 Å². The van der Waals surface area contributed by atoms with Crippen LogP contribution in [0.5, 0.6) is 0 Å². The maximum Gasteiger partial charge on any atom is 0.339 e. The van der Waals surface area contributed by atoms with Crippen LogP contribution in [0.1, 0.15) is 10.4 Å². The van der Waals surface area contributed by atoms with Gasteiger partial charge >= 0.3 is 5.97 Å². The highest BCUT2D eigenvalue weighted by molar-refractivity contribution is 7.14. The van der Waals surface area contributed by atoms with Gasteiger partial charge in [-0.25, -0.2) is 14.8 Å². The fourth-order valence-electron chi connectivity index (χ4n) is 2.59. The number of aromatic nitrogens is 2. The molecule has 0 radical (unpaired) electrons. The van der Waals surface area contributed by atoms with E-state index >= 15 is 0 Å². The van der Waals surface area contributed by atoms with E-state index in [0.29, 0.717) is 5.13 Å². The third kappa shape index (κ3) is 3.07. The first-order valence-corrected chi connectivity index (χ1v) is 8.49. The van der Waals surface area contributed by atoms with Crippen LogP contribution in [0.15, 0.2) is 66.2 Å². The van der Waals surface area contributed by atoms with Crippen LogP contribution < -0.4 is 5.32 Å². The highest BCUT2D eigenvalue weighted by Gasteiger charge is 2.12. The molecular formula is C19H13N3O2S. The van der Waals surface area contributed by atoms with E-state index in [9.17, 15) is 9.90 Å². The molecule has 0 saturated carbocycles. The first-order valence-electron chi connectivity index (χ1n) is 7.61. The topological polar surface area (TPSA) is 75.1 Å². The number of pyridine rings is 1. The summed E-state index contributed by atoms with van der Waals surface area (Å²) in [4.78, 5) is 19.9. The Bertz CT molecular complexity index is 1070. The van der Waals surface area contributed by atoms with Crippen LogP contribution in [-0.4, -0.2) is 21.0 Å². The smallest absolute Gasteiger partial charge is 0.339 e. The minimum atomic E-state index is -1.03. The molecule has 122 valence electrons. The molecule has 0 spiro atoms. The maximum atomic E-state index is 11.3. The Labute approximate surface area is 147 Å². The van der Waals surface area contributed by atoms with Gasteiger partial charge in [0.25, 0.3) is 0 Å². The number of nitrogens with one attached hydrogen (secondary N) is 1. The summed E-state index contributed by atoms with van der Waals surface area (Å²) in [5, 5.41) is 17.1. The Morgan fingerprint density at radius 1 is 1.04 bits per heavy atom. The molecule has 0 aliphatic rings. The highest BCUT2D eigenvalue weighted by atomic mass is 32.1. The van der Waals surface area contributed by atoms with Gasteiger partial charge in [-0.3, -0.25) is 0 Å². The maximum absolute atomic E-state index is 11.3. The van der Waals surface area contributed by atoms with Crippen molar-refractivity contribution >= 4 is 39.0 Å². The molecular weight excluding hydrogens is 334 g/mol. The standard InChI is InChI=1S/C19H13N3O2S/c23-18(24)15-6-3-9-20-17(15)22-19-21-16(11-25-19)14-8-7-12-4-1-2-5-13(12)10-14/h1-11H,(H,23,24)(H,20,21,22). The fourth-order valence-corrected chi connectivity index (χ4v) is 3.31. The second-order valence-corrected chi connectivity index (χ2v) is 6.29. The number of hydrogen-bond donors (Lipinski definition) is 2. The van der Waals surface area contributed by atoms with E-state index in [1.54, 1.807) is 12.3 Å². The molecule has 4 aromatic rings. The number of nitrogens with zero attached hydrogens (tertiary/aromatic N) is 2. The molecule has 25 heavy (non-hydrogen) atoms. The van der Waals surface area contributed by atoms with E-state index in [2.05, 4.69) is 39.6 Å². The molecule has 2 aromatic heterocycles. The van der Waals surface area contributed by atoms with Gasteiger partial charge in [0.1, 0.15) is 11.4 Å². The summed E-state index contributed by atoms with van der Waals surface area (Å²) in [6, 6.07) is 17.5. The summed E-state index contributed by atoms with van der Waals surface area (Å²) < 4.78 is 0. The monoisotopic (exact) mass is 347 g/mol. The summed E-state index contributed by atoms with van der Waals surface area (Å²) in [6.07, 6.45) is 1.55. The molecule has 0 aliphatic carbocycles. The first kappa shape index (κ1) is 15.3. The average Bonchev–Trinajstić information content (AvgIpc) is 3.10. The number of aromatic carboxylic acids is 1. The van der Waals surface area contributed by atoms with Gasteiger partial charge < -0.3 is 10.4 Å². The lowest BCUT2D eigenvalue weighted by molar-refractivity contribution is 0.0697. The second kappa shape index (κ2) is 6.33. The van der Waals surface area contributed by atoms with E-state index in [-0.39, 0.29) is 11.4 Å². The minimum absolute atomic E-state index is 0.116. The number of thiazole rings is 1. The van der Waals surface area contributed by atoms with Gasteiger partial charge in [0, 0.05) is 17.1 Å². The van der Waals surface area contributed by atoms with Crippen molar-refractivity contribution in [3.63, 3.8) is 0 Å². The van der Waals surface area contributed by atoms with E-state index in [1.165, 1.54) is 22.8 Å². The largest absolute Gasteiger partial charge is 0.478 e. The first-order chi connectivity index (χ1) is 12.2. The molecule has 5 nitrogen and oxygen atoms in total. The number of rotatable bonds is 4. The van der Waals surface area contributed by atoms with Crippen LogP contribution in [-0.2, 0) is 0 Å². The molecule has 0 saturated heterocycles. The van der Waals surface area contributed by atoms with Crippen LogP contribution in [0.25, 0.3) is 22.0 Å². The van der Waals surface area contributed by atoms with Gasteiger partial charge in [-0.1, -0.05) is 36.4 Å². The number of hydrogen-bond acceptors (Lipinski definition) is 5. The summed E-state index contributed by atoms with van der Waals surface area (Å²) in [5.74, 6) is -0.740. The van der Waals surface area contributed by atoms with Crippen molar-refractivity contribution in [2.24, 2.45) is 0 Å². The molecule has 6 heteroatoms. The normalized spacial score (nSPS) is 10.7. The lowest BCUT2D eigenvalue weighted by Gasteiger charge is -2.05. The molecule has 0 aliphatic heterocycles. The predicted octanol–water partition coefficient (Wildman–Crippen LogP) is 4.80. The van der Waals surface area contributed by atoms with Crippen molar-refractivity contribution in [3.05, 3.63) is 71.7 Å². The molecule has 0 unspecified atom stereocenters. The Hall–Kier alpha value is -3.25. The number of carboxylic acids is 1. The molecule has 4 rings (SSSR count). The highest BCUT2D eigenvalue weighted by Crippen LogP contribution is 2.29. The van der Waals surface area contributed by atoms with Gasteiger partial charge in [0.05, 0.1) is 5.69 Å². The molecule has 2 heterocycles. The summed E-state index contributed by atoms with van der Waals surface area (Å²) in [6.45, 7) is 0. The molecule has 0 bridgehead atoms. The number of anilines is 2. The Kier molecular flexibility index (Phi) is 3.87. The lowest BCUT2D eigenvalue weighted by Crippen LogP contribution is -2.04.